The third-order valence-electron chi connectivity index (χ3n) is 2.66. The van der Waals surface area contributed by atoms with Gasteiger partial charge in [0, 0.05) is 31.6 Å². The van der Waals surface area contributed by atoms with Gasteiger partial charge in [-0.2, -0.15) is 0 Å². The summed E-state index contributed by atoms with van der Waals surface area (Å²) < 4.78 is 51.6. The van der Waals surface area contributed by atoms with Gasteiger partial charge in [-0.15, -0.1) is 0 Å². The van der Waals surface area contributed by atoms with Gasteiger partial charge in [-0.1, -0.05) is 15.9 Å². The minimum atomic E-state index is -2.97. The Labute approximate surface area is 142 Å². The SMILES string of the molecule is C1CCOC1.CS(=O)(=O)NCCCBr.O=S1(=O)CCCCN1. The van der Waals surface area contributed by atoms with E-state index >= 15 is 0 Å². The maximum atomic E-state index is 10.5. The van der Waals surface area contributed by atoms with E-state index in [1.807, 2.05) is 0 Å². The monoisotopic (exact) mass is 422 g/mol. The fraction of sp³-hybridized carbons (Fsp3) is 1.00. The van der Waals surface area contributed by atoms with Gasteiger partial charge in [-0.05, 0) is 32.1 Å². The molecule has 0 bridgehead atoms. The summed E-state index contributed by atoms with van der Waals surface area (Å²) in [6, 6.07) is 0. The lowest BCUT2D eigenvalue weighted by Gasteiger charge is -2.10. The third kappa shape index (κ3) is 16.6. The molecule has 0 unspecified atom stereocenters. The Morgan fingerprint density at radius 2 is 1.82 bits per heavy atom. The van der Waals surface area contributed by atoms with E-state index in [1.54, 1.807) is 0 Å². The number of hydrogen-bond acceptors (Lipinski definition) is 5. The largest absolute Gasteiger partial charge is 0.381 e. The van der Waals surface area contributed by atoms with Gasteiger partial charge >= 0.3 is 0 Å². The molecule has 0 saturated carbocycles. The number of alkyl halides is 1. The molecule has 0 amide bonds. The van der Waals surface area contributed by atoms with E-state index in [1.165, 1.54) is 12.8 Å². The summed E-state index contributed by atoms with van der Waals surface area (Å²) in [7, 11) is -5.80. The van der Waals surface area contributed by atoms with Crippen molar-refractivity contribution in [2.24, 2.45) is 0 Å². The van der Waals surface area contributed by atoms with Crippen LogP contribution in [0.1, 0.15) is 32.1 Å². The fourth-order valence-electron chi connectivity index (χ4n) is 1.55. The first-order valence-electron chi connectivity index (χ1n) is 7.32. The third-order valence-corrected chi connectivity index (χ3v) is 5.42. The lowest BCUT2D eigenvalue weighted by atomic mass is 10.3. The highest BCUT2D eigenvalue weighted by atomic mass is 79.9. The van der Waals surface area contributed by atoms with Crippen LogP contribution in [-0.4, -0.2) is 60.5 Å². The molecule has 0 aromatic heterocycles. The summed E-state index contributed by atoms with van der Waals surface area (Å²) in [5, 5.41) is 0.829. The number of halogens is 1. The van der Waals surface area contributed by atoms with Crippen LogP contribution in [-0.2, 0) is 24.8 Å². The first-order chi connectivity index (χ1) is 10.3. The van der Waals surface area contributed by atoms with E-state index in [0.29, 0.717) is 18.8 Å². The van der Waals surface area contributed by atoms with Gasteiger partial charge in [-0.25, -0.2) is 26.3 Å². The second-order valence-corrected chi connectivity index (χ2v) is 9.50. The standard InChI is InChI=1S/C4H10BrNO2S.C4H9NO2S.C4H8O/c1-9(7,8)6-4-2-3-5;6-8(7)4-2-1-3-5-8;1-2-4-5-3-1/h6H,2-4H2,1H3;5H,1-4H2;1-4H2. The van der Waals surface area contributed by atoms with E-state index in [2.05, 4.69) is 25.4 Å². The second kappa shape index (κ2) is 12.7. The van der Waals surface area contributed by atoms with Crippen LogP contribution in [0, 0.1) is 0 Å². The molecule has 2 rings (SSSR count). The highest BCUT2D eigenvalue weighted by molar-refractivity contribution is 9.09. The fourth-order valence-corrected chi connectivity index (χ4v) is 3.53. The summed E-state index contributed by atoms with van der Waals surface area (Å²) in [5.74, 6) is 0.312. The first-order valence-corrected chi connectivity index (χ1v) is 12.0. The zero-order valence-electron chi connectivity index (χ0n) is 13.0. The molecule has 22 heavy (non-hydrogen) atoms. The maximum Gasteiger partial charge on any atom is 0.211 e. The van der Waals surface area contributed by atoms with Crippen molar-refractivity contribution in [3.8, 4) is 0 Å². The smallest absolute Gasteiger partial charge is 0.211 e. The second-order valence-electron chi connectivity index (χ2n) is 4.95. The Kier molecular flexibility index (Phi) is 12.8. The Bertz CT molecular complexity index is 444. The van der Waals surface area contributed by atoms with Crippen LogP contribution in [0.5, 0.6) is 0 Å². The number of ether oxygens (including phenoxy) is 1. The Morgan fingerprint density at radius 1 is 1.18 bits per heavy atom. The molecule has 10 heteroatoms. The van der Waals surface area contributed by atoms with Crippen LogP contribution >= 0.6 is 15.9 Å². The zero-order chi connectivity index (χ0) is 16.9. The van der Waals surface area contributed by atoms with E-state index in [9.17, 15) is 16.8 Å². The van der Waals surface area contributed by atoms with Crippen molar-refractivity contribution in [2.45, 2.75) is 32.1 Å². The van der Waals surface area contributed by atoms with Crippen LogP contribution in [0.3, 0.4) is 0 Å². The van der Waals surface area contributed by atoms with Crippen LogP contribution in [0.4, 0.5) is 0 Å². The number of sulfonamides is 2. The molecule has 0 aromatic carbocycles. The van der Waals surface area contributed by atoms with Gasteiger partial charge in [0.25, 0.3) is 0 Å². The Hall–Kier alpha value is 0.260. The summed E-state index contributed by atoms with van der Waals surface area (Å²) >= 11 is 3.18. The molecular weight excluding hydrogens is 396 g/mol. The lowest BCUT2D eigenvalue weighted by molar-refractivity contribution is 0.198. The van der Waals surface area contributed by atoms with E-state index in [0.717, 1.165) is 44.1 Å². The minimum Gasteiger partial charge on any atom is -0.381 e. The van der Waals surface area contributed by atoms with E-state index in [-0.39, 0.29) is 0 Å². The Morgan fingerprint density at radius 3 is 2.09 bits per heavy atom. The molecule has 2 aliphatic rings. The molecule has 2 N–H and O–H groups in total. The van der Waals surface area contributed by atoms with E-state index < -0.39 is 20.0 Å². The normalized spacial score (nSPS) is 20.3. The van der Waals surface area contributed by atoms with Crippen LogP contribution in [0.15, 0.2) is 0 Å². The van der Waals surface area contributed by atoms with Gasteiger partial charge in [-0.3, -0.25) is 0 Å². The number of hydrogen-bond donors (Lipinski definition) is 2. The zero-order valence-corrected chi connectivity index (χ0v) is 16.2. The van der Waals surface area contributed by atoms with Crippen LogP contribution in [0.25, 0.3) is 0 Å². The molecule has 0 aliphatic carbocycles. The molecule has 0 atom stereocenters. The summed E-state index contributed by atoms with van der Waals surface area (Å²) in [4.78, 5) is 0. The van der Waals surface area contributed by atoms with Gasteiger partial charge < -0.3 is 4.74 Å². The van der Waals surface area contributed by atoms with Gasteiger partial charge in [0.2, 0.25) is 20.0 Å². The summed E-state index contributed by atoms with van der Waals surface area (Å²) in [6.45, 7) is 3.15. The van der Waals surface area contributed by atoms with Gasteiger partial charge in [0.1, 0.15) is 0 Å². The topological polar surface area (TPSA) is 102 Å². The van der Waals surface area contributed by atoms with Gasteiger partial charge in [0.05, 0.1) is 12.0 Å². The van der Waals surface area contributed by atoms with Crippen molar-refractivity contribution in [1.82, 2.24) is 9.44 Å². The van der Waals surface area contributed by atoms with Crippen LogP contribution in [0.2, 0.25) is 0 Å². The molecule has 2 heterocycles. The lowest BCUT2D eigenvalue weighted by Crippen LogP contribution is -2.31. The predicted octanol–water partition coefficient (Wildman–Crippen LogP) is 0.817. The summed E-state index contributed by atoms with van der Waals surface area (Å²) in [6.07, 6.45) is 6.34. The average molecular weight is 423 g/mol. The van der Waals surface area contributed by atoms with Crippen molar-refractivity contribution in [3.05, 3.63) is 0 Å². The molecule has 2 fully saturated rings. The van der Waals surface area contributed by atoms with Crippen molar-refractivity contribution in [3.63, 3.8) is 0 Å². The minimum absolute atomic E-state index is 0.312. The molecular formula is C12H27BrN2O5S2. The molecule has 0 radical (unpaired) electrons. The average Bonchev–Trinajstić information content (AvgIpc) is 2.97. The van der Waals surface area contributed by atoms with Gasteiger partial charge in [0.15, 0.2) is 0 Å². The van der Waals surface area contributed by atoms with Crippen LogP contribution < -0.4 is 9.44 Å². The molecule has 7 nitrogen and oxygen atoms in total. The number of rotatable bonds is 4. The van der Waals surface area contributed by atoms with Crippen molar-refractivity contribution in [1.29, 1.82) is 0 Å². The maximum absolute atomic E-state index is 10.5. The van der Waals surface area contributed by atoms with Crippen molar-refractivity contribution >= 4 is 36.0 Å². The molecule has 134 valence electrons. The van der Waals surface area contributed by atoms with Crippen molar-refractivity contribution in [2.75, 3.05) is 43.6 Å². The van der Waals surface area contributed by atoms with E-state index in [4.69, 9.17) is 4.74 Å². The highest BCUT2D eigenvalue weighted by Crippen LogP contribution is 1.99. The molecule has 2 aliphatic heterocycles. The van der Waals surface area contributed by atoms with Crippen molar-refractivity contribution < 1.29 is 21.6 Å². The predicted molar refractivity (Wildman–Crippen MR) is 92.3 cm³/mol. The summed E-state index contributed by atoms with van der Waals surface area (Å²) in [5.41, 5.74) is 0. The highest BCUT2D eigenvalue weighted by Gasteiger charge is 2.12. The molecule has 0 spiro atoms. The quantitative estimate of drug-likeness (QED) is 0.515. The molecule has 0 aromatic rings. The number of nitrogens with one attached hydrogen (secondary N) is 2. The first kappa shape index (κ1) is 22.3. The Balaban J connectivity index is 0.000000311. The molecule has 2 saturated heterocycles.